The van der Waals surface area contributed by atoms with Gasteiger partial charge in [-0.2, -0.15) is 0 Å². The highest BCUT2D eigenvalue weighted by Gasteiger charge is 2.35. The van der Waals surface area contributed by atoms with Crippen LogP contribution in [0.1, 0.15) is 62.4 Å². The molecule has 0 radical (unpaired) electrons. The van der Waals surface area contributed by atoms with Crippen LogP contribution < -0.4 is 0 Å². The van der Waals surface area contributed by atoms with E-state index in [1.165, 1.54) is 22.3 Å². The summed E-state index contributed by atoms with van der Waals surface area (Å²) >= 11 is 0. The number of rotatable bonds is 11. The Kier molecular flexibility index (Phi) is 11.6. The molecule has 0 aliphatic heterocycles. The van der Waals surface area contributed by atoms with Crippen molar-refractivity contribution in [1.29, 1.82) is 0 Å². The number of benzene rings is 7. The summed E-state index contributed by atoms with van der Waals surface area (Å²) in [6.07, 6.45) is 6.03. The van der Waals surface area contributed by atoms with Gasteiger partial charge >= 0.3 is 0 Å². The van der Waals surface area contributed by atoms with Gasteiger partial charge in [-0.1, -0.05) is 209 Å². The monoisotopic (exact) mass is 825 g/mol. The van der Waals surface area contributed by atoms with Crippen LogP contribution in [0.25, 0.3) is 72.9 Å². The molecule has 310 valence electrons. The third-order valence-corrected chi connectivity index (χ3v) is 12.5. The number of hydrogen-bond acceptors (Lipinski definition) is 3. The summed E-state index contributed by atoms with van der Waals surface area (Å²) in [5, 5.41) is 0. The van der Waals surface area contributed by atoms with E-state index in [2.05, 4.69) is 223 Å². The van der Waals surface area contributed by atoms with E-state index in [0.29, 0.717) is 5.82 Å². The number of fused-ring (bicyclic) bond motifs is 3. The fraction of sp³-hybridized carbons (Fsp3) is 0.0984. The first-order chi connectivity index (χ1) is 31.3. The van der Waals surface area contributed by atoms with Crippen molar-refractivity contribution < 1.29 is 0 Å². The molecule has 1 aromatic heterocycles. The van der Waals surface area contributed by atoms with E-state index in [1.807, 2.05) is 18.2 Å². The normalized spacial score (nSPS) is 13.8. The van der Waals surface area contributed by atoms with Crippen molar-refractivity contribution in [3.05, 3.63) is 246 Å². The van der Waals surface area contributed by atoms with Crippen LogP contribution in [0.4, 0.5) is 0 Å². The lowest BCUT2D eigenvalue weighted by atomic mass is 9.82. The summed E-state index contributed by atoms with van der Waals surface area (Å²) in [4.78, 5) is 15.4. The number of aliphatic imine (C=N–C) groups is 1. The van der Waals surface area contributed by atoms with Crippen LogP contribution in [0, 0.1) is 0 Å². The molecule has 3 nitrogen and oxygen atoms in total. The molecule has 9 rings (SSSR count). The van der Waals surface area contributed by atoms with E-state index in [4.69, 9.17) is 15.0 Å². The molecule has 1 aliphatic rings. The summed E-state index contributed by atoms with van der Waals surface area (Å²) in [5.74, 6) is 0.692. The predicted octanol–water partition coefficient (Wildman–Crippen LogP) is 16.0. The smallest absolute Gasteiger partial charge is 0.160 e. The predicted molar refractivity (Wildman–Crippen MR) is 272 cm³/mol. The SMILES string of the molecule is C=CN=C(/C(=C\C)c1ccc(-c2cc(-c3ccc4c(c3)C(C)(C)c3ccccc3-4)nc(-c3ccccc3)n2)cc1)/C(C)=C(/C(=C\C)c1ccccc1)c1ccccc1-c1ccccc1. The summed E-state index contributed by atoms with van der Waals surface area (Å²) in [6, 6.07) is 66.6. The lowest BCUT2D eigenvalue weighted by Crippen LogP contribution is -2.14. The van der Waals surface area contributed by atoms with E-state index in [1.54, 1.807) is 6.20 Å². The summed E-state index contributed by atoms with van der Waals surface area (Å²) < 4.78 is 0. The van der Waals surface area contributed by atoms with Crippen molar-refractivity contribution >= 4 is 22.4 Å². The Morgan fingerprint density at radius 3 is 1.69 bits per heavy atom. The van der Waals surface area contributed by atoms with Crippen LogP contribution in [0.5, 0.6) is 0 Å². The van der Waals surface area contributed by atoms with Crippen molar-refractivity contribution in [3.8, 4) is 56.2 Å². The van der Waals surface area contributed by atoms with Gasteiger partial charge in [0.05, 0.1) is 17.1 Å². The second kappa shape index (κ2) is 17.9. The fourth-order valence-corrected chi connectivity index (χ4v) is 9.35. The summed E-state index contributed by atoms with van der Waals surface area (Å²) in [7, 11) is 0. The average Bonchev–Trinajstić information content (AvgIpc) is 3.58. The van der Waals surface area contributed by atoms with Crippen LogP contribution in [0.3, 0.4) is 0 Å². The number of aromatic nitrogens is 2. The second-order valence-corrected chi connectivity index (χ2v) is 16.7. The highest BCUT2D eigenvalue weighted by atomic mass is 14.9. The Bertz CT molecular complexity index is 3130. The van der Waals surface area contributed by atoms with Gasteiger partial charge in [-0.15, -0.1) is 0 Å². The second-order valence-electron chi connectivity index (χ2n) is 16.7. The maximum Gasteiger partial charge on any atom is 0.160 e. The first-order valence-electron chi connectivity index (χ1n) is 22.0. The molecule has 64 heavy (non-hydrogen) atoms. The number of hydrogen-bond donors (Lipinski definition) is 0. The Balaban J connectivity index is 1.14. The molecule has 0 saturated heterocycles. The lowest BCUT2D eigenvalue weighted by Gasteiger charge is -2.22. The molecule has 1 aliphatic carbocycles. The minimum atomic E-state index is -0.121. The van der Waals surface area contributed by atoms with Crippen molar-refractivity contribution in [2.24, 2.45) is 4.99 Å². The van der Waals surface area contributed by atoms with Gasteiger partial charge in [0.1, 0.15) is 0 Å². The topological polar surface area (TPSA) is 38.1 Å². The molecule has 0 fully saturated rings. The van der Waals surface area contributed by atoms with Crippen LogP contribution in [0.15, 0.2) is 224 Å². The third kappa shape index (κ3) is 7.82. The first kappa shape index (κ1) is 41.6. The standard InChI is InChI=1S/C61H51N3/c1-7-48(42-23-13-10-14-24-42)58(53-31-20-19-29-50(53)43-25-15-11-16-26-43)41(4)59(62-9-3)49(8-2)44-33-35-45(36-34-44)56-40-57(64-60(63-56)46-27-17-12-18-28-46)47-37-38-52-51-30-21-22-32-54(51)61(5,6)55(52)39-47/h7-40H,3H2,1-2,4-6H3/b48-7-,49-8-,58-41-,62-59?. The van der Waals surface area contributed by atoms with Crippen LogP contribution in [0.2, 0.25) is 0 Å². The van der Waals surface area contributed by atoms with Crippen molar-refractivity contribution in [3.63, 3.8) is 0 Å². The highest BCUT2D eigenvalue weighted by Crippen LogP contribution is 2.49. The van der Waals surface area contributed by atoms with Gasteiger partial charge in [0.2, 0.25) is 0 Å². The van der Waals surface area contributed by atoms with E-state index in [9.17, 15) is 0 Å². The van der Waals surface area contributed by atoms with Crippen LogP contribution in [-0.4, -0.2) is 15.7 Å². The number of nitrogens with zero attached hydrogens (tertiary/aromatic N) is 3. The molecule has 1 heterocycles. The molecule has 0 atom stereocenters. The molecule has 0 bridgehead atoms. The maximum atomic E-state index is 5.20. The quantitative estimate of drug-likeness (QED) is 0.0962. The minimum Gasteiger partial charge on any atom is -0.257 e. The zero-order valence-electron chi connectivity index (χ0n) is 37.2. The summed E-state index contributed by atoms with van der Waals surface area (Å²) in [6.45, 7) is 15.1. The molecule has 0 N–H and O–H groups in total. The van der Waals surface area contributed by atoms with Crippen LogP contribution in [-0.2, 0) is 5.41 Å². The van der Waals surface area contributed by atoms with E-state index in [-0.39, 0.29) is 5.41 Å². The molecule has 3 heteroatoms. The minimum absolute atomic E-state index is 0.121. The molecule has 0 amide bonds. The van der Waals surface area contributed by atoms with Crippen molar-refractivity contribution in [2.75, 3.05) is 0 Å². The lowest BCUT2D eigenvalue weighted by molar-refractivity contribution is 0.660. The van der Waals surface area contributed by atoms with E-state index in [0.717, 1.165) is 83.9 Å². The Morgan fingerprint density at radius 2 is 1.03 bits per heavy atom. The largest absolute Gasteiger partial charge is 0.257 e. The zero-order chi connectivity index (χ0) is 44.2. The van der Waals surface area contributed by atoms with Crippen molar-refractivity contribution in [1.82, 2.24) is 9.97 Å². The molecule has 0 unspecified atom stereocenters. The van der Waals surface area contributed by atoms with E-state index < -0.39 is 0 Å². The van der Waals surface area contributed by atoms with Gasteiger partial charge in [-0.25, -0.2) is 9.97 Å². The Labute approximate surface area is 378 Å². The van der Waals surface area contributed by atoms with Gasteiger partial charge in [0, 0.05) is 33.9 Å². The average molecular weight is 826 g/mol. The van der Waals surface area contributed by atoms with Crippen LogP contribution >= 0.6 is 0 Å². The van der Waals surface area contributed by atoms with Gasteiger partial charge in [0.15, 0.2) is 5.82 Å². The van der Waals surface area contributed by atoms with Gasteiger partial charge in [-0.3, -0.25) is 4.99 Å². The molecule has 0 saturated carbocycles. The highest BCUT2D eigenvalue weighted by molar-refractivity contribution is 6.36. The molecular weight excluding hydrogens is 775 g/mol. The fourth-order valence-electron chi connectivity index (χ4n) is 9.35. The van der Waals surface area contributed by atoms with Gasteiger partial charge in [-0.05, 0) is 99.7 Å². The van der Waals surface area contributed by atoms with Gasteiger partial charge in [0.25, 0.3) is 0 Å². The van der Waals surface area contributed by atoms with E-state index >= 15 is 0 Å². The maximum absolute atomic E-state index is 5.20. The third-order valence-electron chi connectivity index (χ3n) is 12.5. The van der Waals surface area contributed by atoms with Crippen molar-refractivity contribution in [2.45, 2.75) is 40.0 Å². The molecule has 7 aromatic carbocycles. The molecular formula is C61H51N3. The van der Waals surface area contributed by atoms with Gasteiger partial charge < -0.3 is 0 Å². The Hall–Kier alpha value is -7.75. The zero-order valence-corrected chi connectivity index (χ0v) is 37.2. The first-order valence-corrected chi connectivity index (χ1v) is 22.0. The molecule has 8 aromatic rings. The Morgan fingerprint density at radius 1 is 0.500 bits per heavy atom. The number of allylic oxidation sites excluding steroid dienone is 6. The molecule has 0 spiro atoms. The summed E-state index contributed by atoms with van der Waals surface area (Å²) in [5.41, 5.74) is 20.7.